The van der Waals surface area contributed by atoms with Gasteiger partial charge in [-0.3, -0.25) is 10.2 Å². The van der Waals surface area contributed by atoms with Crippen molar-refractivity contribution in [2.75, 3.05) is 10.6 Å². The molecule has 0 saturated heterocycles. The van der Waals surface area contributed by atoms with Crippen LogP contribution in [0, 0.1) is 11.5 Å². The second-order valence-corrected chi connectivity index (χ2v) is 6.50. The van der Waals surface area contributed by atoms with E-state index in [1.807, 2.05) is 43.4 Å². The fourth-order valence-electron chi connectivity index (χ4n) is 2.15. The number of nitrogen functional groups attached to an aromatic ring is 1. The molecule has 0 aliphatic rings. The minimum Gasteiger partial charge on any atom is -0.368 e. The molecule has 0 radical (unpaired) electrons. The quantitative estimate of drug-likeness (QED) is 0.206. The topological polar surface area (TPSA) is 103 Å². The van der Waals surface area contributed by atoms with Crippen molar-refractivity contribution in [3.63, 3.8) is 0 Å². The molecular formula is C16H17Cl2N7. The van der Waals surface area contributed by atoms with E-state index in [9.17, 15) is 0 Å². The smallest absolute Gasteiger partial charge is 0.220 e. The van der Waals surface area contributed by atoms with Crippen LogP contribution < -0.4 is 16.0 Å². The first-order valence-corrected chi connectivity index (χ1v) is 8.28. The highest BCUT2D eigenvalue weighted by Crippen LogP contribution is 2.36. The highest BCUT2D eigenvalue weighted by molar-refractivity contribution is 6.51. The number of nitrogens with one attached hydrogen (secondary N) is 1. The van der Waals surface area contributed by atoms with Crippen LogP contribution >= 0.6 is 23.2 Å². The molecule has 0 atom stereocenters. The number of aliphatic imine (C=N–C) groups is 1. The van der Waals surface area contributed by atoms with E-state index in [0.717, 1.165) is 6.42 Å². The highest BCUT2D eigenvalue weighted by atomic mass is 35.5. The van der Waals surface area contributed by atoms with Gasteiger partial charge in [0.25, 0.3) is 0 Å². The van der Waals surface area contributed by atoms with E-state index in [0.29, 0.717) is 17.8 Å². The first kappa shape index (κ1) is 18.8. The lowest BCUT2D eigenvalue weighted by Gasteiger charge is -2.35. The zero-order valence-corrected chi connectivity index (χ0v) is 15.0. The number of hydrogen-bond acceptors (Lipinski definition) is 5. The van der Waals surface area contributed by atoms with Crippen LogP contribution in [0.2, 0.25) is 0 Å². The maximum atomic E-state index is 9.14. The Hall–Kier alpha value is -2.56. The van der Waals surface area contributed by atoms with Crippen LogP contribution in [0.3, 0.4) is 0 Å². The van der Waals surface area contributed by atoms with Crippen LogP contribution in [0.1, 0.15) is 19.8 Å². The van der Waals surface area contributed by atoms with Crippen LogP contribution in [0.15, 0.2) is 47.7 Å². The molecule has 1 aromatic carbocycles. The zero-order chi connectivity index (χ0) is 18.3. The van der Waals surface area contributed by atoms with Crippen LogP contribution in [0.25, 0.3) is 0 Å². The number of guanidine groups is 1. The molecule has 1 aromatic heterocycles. The molecule has 25 heavy (non-hydrogen) atoms. The van der Waals surface area contributed by atoms with Gasteiger partial charge in [0.15, 0.2) is 10.7 Å². The van der Waals surface area contributed by atoms with Gasteiger partial charge in [-0.15, -0.1) is 0 Å². The Morgan fingerprint density at radius 1 is 1.32 bits per heavy atom. The molecule has 1 heterocycles. The van der Waals surface area contributed by atoms with E-state index in [-0.39, 0.29) is 11.9 Å². The summed E-state index contributed by atoms with van der Waals surface area (Å²) >= 11 is 13.1. The molecule has 0 spiro atoms. The van der Waals surface area contributed by atoms with Gasteiger partial charge in [0.2, 0.25) is 11.9 Å². The average Bonchev–Trinajstić information content (AvgIpc) is 2.58. The third-order valence-electron chi connectivity index (χ3n) is 3.17. The number of benzene rings is 1. The molecule has 130 valence electrons. The molecule has 2 aromatic rings. The molecule has 0 saturated carbocycles. The van der Waals surface area contributed by atoms with E-state index in [1.165, 1.54) is 12.4 Å². The van der Waals surface area contributed by atoms with Crippen LogP contribution in [0.4, 0.5) is 17.3 Å². The Morgan fingerprint density at radius 3 is 2.52 bits per heavy atom. The first-order chi connectivity index (χ1) is 12.0. The second kappa shape index (κ2) is 8.51. The van der Waals surface area contributed by atoms with Crippen molar-refractivity contribution >= 4 is 46.5 Å². The van der Waals surface area contributed by atoms with Gasteiger partial charge in [-0.05, 0) is 18.6 Å². The van der Waals surface area contributed by atoms with Crippen molar-refractivity contribution in [1.82, 2.24) is 15.3 Å². The van der Waals surface area contributed by atoms with Crippen LogP contribution in [-0.2, 0) is 0 Å². The summed E-state index contributed by atoms with van der Waals surface area (Å²) in [6.45, 7) is 1.96. The number of anilines is 2. The molecule has 0 fully saturated rings. The van der Waals surface area contributed by atoms with Gasteiger partial charge in [0.05, 0.1) is 12.4 Å². The molecule has 7 nitrogen and oxygen atoms in total. The largest absolute Gasteiger partial charge is 0.368 e. The summed E-state index contributed by atoms with van der Waals surface area (Å²) in [7, 11) is 0. The van der Waals surface area contributed by atoms with Gasteiger partial charge < -0.3 is 5.73 Å². The number of para-hydroxylation sites is 1. The lowest BCUT2D eigenvalue weighted by molar-refractivity contribution is 0.686. The summed E-state index contributed by atoms with van der Waals surface area (Å²) in [5.41, 5.74) is 6.56. The minimum absolute atomic E-state index is 0.128. The fraction of sp³-hybridized carbons (Fsp3) is 0.250. The van der Waals surface area contributed by atoms with Crippen molar-refractivity contribution in [3.05, 3.63) is 42.7 Å². The van der Waals surface area contributed by atoms with Gasteiger partial charge in [-0.2, -0.15) is 5.26 Å². The van der Waals surface area contributed by atoms with E-state index in [2.05, 4.69) is 20.3 Å². The monoisotopic (exact) mass is 377 g/mol. The zero-order valence-electron chi connectivity index (χ0n) is 13.5. The van der Waals surface area contributed by atoms with Crippen molar-refractivity contribution in [3.8, 4) is 6.19 Å². The predicted molar refractivity (Wildman–Crippen MR) is 101 cm³/mol. The Kier molecular flexibility index (Phi) is 6.39. The number of halogens is 2. The van der Waals surface area contributed by atoms with Crippen LogP contribution in [-0.4, -0.2) is 20.4 Å². The van der Waals surface area contributed by atoms with E-state index < -0.39 is 4.46 Å². The number of rotatable bonds is 5. The third kappa shape index (κ3) is 4.95. The molecule has 0 aliphatic heterocycles. The molecule has 9 heteroatoms. The van der Waals surface area contributed by atoms with E-state index in [1.54, 1.807) is 4.90 Å². The summed E-state index contributed by atoms with van der Waals surface area (Å²) in [6, 6.07) is 9.20. The lowest BCUT2D eigenvalue weighted by atomic mass is 10.2. The Bertz CT molecular complexity index is 754. The van der Waals surface area contributed by atoms with Crippen LogP contribution in [0.5, 0.6) is 0 Å². The number of hydrogen-bond donors (Lipinski definition) is 2. The number of nitrogens with two attached hydrogens (primary N) is 1. The number of aromatic nitrogens is 2. The Labute approximate surface area is 156 Å². The Morgan fingerprint density at radius 2 is 1.96 bits per heavy atom. The molecule has 2 rings (SSSR count). The van der Waals surface area contributed by atoms with Crippen molar-refractivity contribution in [2.45, 2.75) is 24.2 Å². The van der Waals surface area contributed by atoms with Crippen molar-refractivity contribution < 1.29 is 0 Å². The van der Waals surface area contributed by atoms with Gasteiger partial charge in [0, 0.05) is 5.69 Å². The standard InChI is InChI=1S/C16H17Cl2N7/c1-2-8-16(17,18)25(13-6-4-3-5-7-13)15(23-11-19)24-12-9-21-14(20)22-10-12/h3-7,9-10H,2,8H2,1H3,(H,23,24)(H2,20,21,22). The fourth-order valence-corrected chi connectivity index (χ4v) is 2.88. The van der Waals surface area contributed by atoms with Gasteiger partial charge in [0.1, 0.15) is 5.69 Å². The summed E-state index contributed by atoms with van der Waals surface area (Å²) in [4.78, 5) is 13.7. The first-order valence-electron chi connectivity index (χ1n) is 7.52. The molecule has 3 N–H and O–H groups in total. The number of nitriles is 1. The van der Waals surface area contributed by atoms with Crippen molar-refractivity contribution in [1.29, 1.82) is 5.26 Å². The van der Waals surface area contributed by atoms with Gasteiger partial charge in [-0.1, -0.05) is 54.7 Å². The van der Waals surface area contributed by atoms with Gasteiger partial charge >= 0.3 is 0 Å². The Balaban J connectivity index is 2.54. The van der Waals surface area contributed by atoms with E-state index >= 15 is 0 Å². The molecule has 0 unspecified atom stereocenters. The molecule has 0 bridgehead atoms. The van der Waals surface area contributed by atoms with Crippen molar-refractivity contribution in [2.24, 2.45) is 4.99 Å². The maximum absolute atomic E-state index is 9.14. The molecular weight excluding hydrogens is 361 g/mol. The third-order valence-corrected chi connectivity index (χ3v) is 3.88. The second-order valence-electron chi connectivity index (χ2n) is 5.06. The van der Waals surface area contributed by atoms with Gasteiger partial charge in [-0.25, -0.2) is 15.0 Å². The normalized spacial score (nSPS) is 11.7. The molecule has 0 amide bonds. The number of alkyl halides is 2. The summed E-state index contributed by atoms with van der Waals surface area (Å²) in [5.74, 6) is 0.282. The minimum atomic E-state index is -1.31. The number of nitrogens with zero attached hydrogens (tertiary/aromatic N) is 5. The summed E-state index contributed by atoms with van der Waals surface area (Å²) < 4.78 is -1.31. The summed E-state index contributed by atoms with van der Waals surface area (Å²) in [5, 5.41) is 11.7. The van der Waals surface area contributed by atoms with E-state index in [4.69, 9.17) is 34.2 Å². The molecule has 0 aliphatic carbocycles. The average molecular weight is 378 g/mol. The lowest BCUT2D eigenvalue weighted by Crippen LogP contribution is -2.49. The SMILES string of the molecule is CCCC(Cl)(Cl)N(C(=Nc1cnc(N)nc1)NC#N)c1ccccc1. The maximum Gasteiger partial charge on any atom is 0.220 e. The highest BCUT2D eigenvalue weighted by Gasteiger charge is 2.35. The summed E-state index contributed by atoms with van der Waals surface area (Å²) in [6.07, 6.45) is 5.93. The predicted octanol–water partition coefficient (Wildman–Crippen LogP) is 3.56.